The monoisotopic (exact) mass is 305 g/mol. The molecule has 0 saturated heterocycles. The summed E-state index contributed by atoms with van der Waals surface area (Å²) in [6.45, 7) is 4.92. The first-order valence-corrected chi connectivity index (χ1v) is 7.96. The predicted octanol–water partition coefficient (Wildman–Crippen LogP) is 4.34. The first kappa shape index (κ1) is 13.6. The van der Waals surface area contributed by atoms with Gasteiger partial charge >= 0.3 is 0 Å². The highest BCUT2D eigenvalue weighted by Gasteiger charge is 2.16. The van der Waals surface area contributed by atoms with Gasteiger partial charge in [0.1, 0.15) is 5.82 Å². The van der Waals surface area contributed by atoms with Gasteiger partial charge in [0.2, 0.25) is 0 Å². The Morgan fingerprint density at radius 3 is 2.95 bits per heavy atom. The zero-order chi connectivity index (χ0) is 14.1. The molecule has 0 fully saturated rings. The molecule has 0 bridgehead atoms. The predicted molar refractivity (Wildman–Crippen MR) is 84.6 cm³/mol. The number of rotatable bonds is 4. The van der Waals surface area contributed by atoms with Gasteiger partial charge in [-0.2, -0.15) is 0 Å². The molecule has 0 aliphatic rings. The number of aromatic nitrogens is 3. The molecule has 0 aliphatic carbocycles. The van der Waals surface area contributed by atoms with E-state index in [1.807, 2.05) is 18.5 Å². The van der Waals surface area contributed by atoms with Crippen molar-refractivity contribution in [3.63, 3.8) is 0 Å². The average molecular weight is 306 g/mol. The van der Waals surface area contributed by atoms with E-state index in [0.29, 0.717) is 0 Å². The maximum atomic E-state index is 6.30. The minimum absolute atomic E-state index is 0.0990. The number of nitrogens with zero attached hydrogens (tertiary/aromatic N) is 3. The Hall–Kier alpha value is -1.39. The van der Waals surface area contributed by atoms with Gasteiger partial charge in [0.05, 0.1) is 21.4 Å². The van der Waals surface area contributed by atoms with Crippen LogP contribution in [-0.4, -0.2) is 14.5 Å². The van der Waals surface area contributed by atoms with Crippen molar-refractivity contribution in [2.75, 3.05) is 0 Å². The number of aryl methyl sites for hydroxylation is 3. The van der Waals surface area contributed by atoms with E-state index in [1.54, 1.807) is 11.3 Å². The zero-order valence-electron chi connectivity index (χ0n) is 11.5. The van der Waals surface area contributed by atoms with Crippen molar-refractivity contribution in [3.8, 4) is 0 Å². The molecular weight excluding hydrogens is 290 g/mol. The van der Waals surface area contributed by atoms with Crippen LogP contribution in [0.2, 0.25) is 0 Å². The van der Waals surface area contributed by atoms with Gasteiger partial charge in [0.25, 0.3) is 0 Å². The summed E-state index contributed by atoms with van der Waals surface area (Å²) in [7, 11) is 0. The summed E-state index contributed by atoms with van der Waals surface area (Å²) in [5, 5.41) is 3.06. The lowest BCUT2D eigenvalue weighted by molar-refractivity contribution is 0.666. The SMILES string of the molecule is Cc1cccc2c1nc(C(C)Cl)n2CCc1nccs1. The Kier molecular flexibility index (Phi) is 3.76. The molecule has 3 aromatic rings. The topological polar surface area (TPSA) is 30.7 Å². The number of hydrogen-bond donors (Lipinski definition) is 0. The summed E-state index contributed by atoms with van der Waals surface area (Å²) < 4.78 is 2.22. The van der Waals surface area contributed by atoms with Gasteiger partial charge in [-0.3, -0.25) is 0 Å². The molecule has 5 heteroatoms. The van der Waals surface area contributed by atoms with Crippen molar-refractivity contribution < 1.29 is 0 Å². The molecule has 0 spiro atoms. The van der Waals surface area contributed by atoms with Crippen LogP contribution in [0.15, 0.2) is 29.8 Å². The highest BCUT2D eigenvalue weighted by molar-refractivity contribution is 7.09. The largest absolute Gasteiger partial charge is 0.326 e. The van der Waals surface area contributed by atoms with Crippen molar-refractivity contribution in [2.24, 2.45) is 0 Å². The molecule has 2 aromatic heterocycles. The second-order valence-corrected chi connectivity index (χ2v) is 6.49. The fourth-order valence-corrected chi connectivity index (χ4v) is 3.20. The molecule has 20 heavy (non-hydrogen) atoms. The number of halogens is 1. The lowest BCUT2D eigenvalue weighted by Gasteiger charge is -2.09. The molecule has 0 N–H and O–H groups in total. The summed E-state index contributed by atoms with van der Waals surface area (Å²) in [5.41, 5.74) is 3.40. The third-order valence-electron chi connectivity index (χ3n) is 3.40. The lowest BCUT2D eigenvalue weighted by Crippen LogP contribution is -2.06. The Balaban J connectivity index is 2.02. The van der Waals surface area contributed by atoms with Gasteiger partial charge in [0, 0.05) is 24.5 Å². The number of imidazole rings is 1. The van der Waals surface area contributed by atoms with Gasteiger partial charge in [-0.05, 0) is 25.5 Å². The highest BCUT2D eigenvalue weighted by atomic mass is 35.5. The number of benzene rings is 1. The van der Waals surface area contributed by atoms with Gasteiger partial charge < -0.3 is 4.57 Å². The summed E-state index contributed by atoms with van der Waals surface area (Å²) in [6.07, 6.45) is 2.76. The highest BCUT2D eigenvalue weighted by Crippen LogP contribution is 2.26. The van der Waals surface area contributed by atoms with E-state index in [0.717, 1.165) is 34.8 Å². The van der Waals surface area contributed by atoms with Crippen LogP contribution in [0.1, 0.15) is 28.7 Å². The Bertz CT molecular complexity index is 716. The van der Waals surface area contributed by atoms with Crippen LogP contribution >= 0.6 is 22.9 Å². The Labute approximate surface area is 127 Å². The fraction of sp³-hybridized carbons (Fsp3) is 0.333. The summed E-state index contributed by atoms with van der Waals surface area (Å²) in [5.74, 6) is 0.938. The molecule has 3 nitrogen and oxygen atoms in total. The molecule has 1 atom stereocenters. The standard InChI is InChI=1S/C15H16ClN3S/c1-10-4-3-5-12-14(10)18-15(11(2)16)19(12)8-6-13-17-7-9-20-13/h3-5,7,9,11H,6,8H2,1-2H3. The average Bonchev–Trinajstić information content (AvgIpc) is 3.03. The number of hydrogen-bond acceptors (Lipinski definition) is 3. The van der Waals surface area contributed by atoms with Crippen LogP contribution in [0.5, 0.6) is 0 Å². The maximum Gasteiger partial charge on any atom is 0.127 e. The van der Waals surface area contributed by atoms with Crippen molar-refractivity contribution >= 4 is 34.0 Å². The normalized spacial score (nSPS) is 12.9. The second-order valence-electron chi connectivity index (χ2n) is 4.86. The van der Waals surface area contributed by atoms with Crippen LogP contribution in [0.3, 0.4) is 0 Å². The van der Waals surface area contributed by atoms with Crippen LogP contribution < -0.4 is 0 Å². The fourth-order valence-electron chi connectivity index (χ4n) is 2.43. The third-order valence-corrected chi connectivity index (χ3v) is 4.43. The summed E-state index contributed by atoms with van der Waals surface area (Å²) in [4.78, 5) is 9.07. The molecule has 0 amide bonds. The van der Waals surface area contributed by atoms with Crippen LogP contribution in [-0.2, 0) is 13.0 Å². The third kappa shape index (κ3) is 2.45. The maximum absolute atomic E-state index is 6.30. The molecular formula is C15H16ClN3S. The number of para-hydroxylation sites is 1. The summed E-state index contributed by atoms with van der Waals surface area (Å²) in [6, 6.07) is 6.27. The quantitative estimate of drug-likeness (QED) is 0.671. The molecule has 2 heterocycles. The van der Waals surface area contributed by atoms with Gasteiger partial charge in [-0.15, -0.1) is 22.9 Å². The molecule has 1 unspecified atom stereocenters. The van der Waals surface area contributed by atoms with Crippen molar-refractivity contribution in [2.45, 2.75) is 32.2 Å². The van der Waals surface area contributed by atoms with Gasteiger partial charge in [-0.1, -0.05) is 12.1 Å². The van der Waals surface area contributed by atoms with Crippen molar-refractivity contribution in [1.29, 1.82) is 0 Å². The number of thiazole rings is 1. The summed E-state index contributed by atoms with van der Waals surface area (Å²) >= 11 is 7.99. The molecule has 0 saturated carbocycles. The number of alkyl halides is 1. The van der Waals surface area contributed by atoms with Gasteiger partial charge in [0.15, 0.2) is 0 Å². The molecule has 0 aliphatic heterocycles. The van der Waals surface area contributed by atoms with Crippen LogP contribution in [0.25, 0.3) is 11.0 Å². The van der Waals surface area contributed by atoms with Gasteiger partial charge in [-0.25, -0.2) is 9.97 Å². The van der Waals surface area contributed by atoms with E-state index >= 15 is 0 Å². The molecule has 1 aromatic carbocycles. The van der Waals surface area contributed by atoms with Crippen molar-refractivity contribution in [1.82, 2.24) is 14.5 Å². The van der Waals surface area contributed by atoms with Crippen LogP contribution in [0, 0.1) is 6.92 Å². The smallest absolute Gasteiger partial charge is 0.127 e. The van der Waals surface area contributed by atoms with E-state index in [1.165, 1.54) is 5.56 Å². The Morgan fingerprint density at radius 2 is 2.25 bits per heavy atom. The van der Waals surface area contributed by atoms with E-state index < -0.39 is 0 Å². The first-order valence-electron chi connectivity index (χ1n) is 6.65. The van der Waals surface area contributed by atoms with E-state index in [9.17, 15) is 0 Å². The Morgan fingerprint density at radius 1 is 1.40 bits per heavy atom. The van der Waals surface area contributed by atoms with E-state index in [2.05, 4.69) is 34.7 Å². The van der Waals surface area contributed by atoms with Crippen molar-refractivity contribution in [3.05, 3.63) is 46.2 Å². The molecule has 104 valence electrons. The molecule has 0 radical (unpaired) electrons. The van der Waals surface area contributed by atoms with E-state index in [4.69, 9.17) is 16.6 Å². The van der Waals surface area contributed by atoms with E-state index in [-0.39, 0.29) is 5.38 Å². The number of fused-ring (bicyclic) bond motifs is 1. The zero-order valence-corrected chi connectivity index (χ0v) is 13.1. The molecule has 3 rings (SSSR count). The lowest BCUT2D eigenvalue weighted by atomic mass is 10.2. The first-order chi connectivity index (χ1) is 9.66. The minimum Gasteiger partial charge on any atom is -0.326 e. The second kappa shape index (κ2) is 5.54. The minimum atomic E-state index is -0.0990. The van der Waals surface area contributed by atoms with Crippen LogP contribution in [0.4, 0.5) is 0 Å².